The van der Waals surface area contributed by atoms with Gasteiger partial charge < -0.3 is 14.3 Å². The van der Waals surface area contributed by atoms with E-state index in [0.717, 1.165) is 5.56 Å². The molecule has 0 unspecified atom stereocenters. The van der Waals surface area contributed by atoms with Gasteiger partial charge in [0.1, 0.15) is 11.6 Å². The highest BCUT2D eigenvalue weighted by Crippen LogP contribution is 2.33. The van der Waals surface area contributed by atoms with Crippen LogP contribution in [-0.4, -0.2) is 30.7 Å². The van der Waals surface area contributed by atoms with Gasteiger partial charge in [-0.2, -0.15) is 0 Å². The number of esters is 1. The summed E-state index contributed by atoms with van der Waals surface area (Å²) >= 11 is 0. The topological polar surface area (TPSA) is 57.1 Å². The molecule has 0 N–H and O–H groups in total. The zero-order valence-electron chi connectivity index (χ0n) is 9.91. The Labute approximate surface area is 104 Å². The van der Waals surface area contributed by atoms with Crippen LogP contribution in [0.5, 0.6) is 0 Å². The quantitative estimate of drug-likeness (QED) is 0.756. The van der Waals surface area contributed by atoms with Gasteiger partial charge in [0.15, 0.2) is 0 Å². The van der Waals surface area contributed by atoms with Crippen LogP contribution in [0, 0.1) is 5.92 Å². The van der Waals surface area contributed by atoms with Crippen molar-refractivity contribution in [2.24, 2.45) is 11.1 Å². The van der Waals surface area contributed by atoms with Crippen LogP contribution in [0.15, 0.2) is 35.5 Å². The van der Waals surface area contributed by atoms with Gasteiger partial charge in [0.25, 0.3) is 0 Å². The third-order valence-corrected chi connectivity index (χ3v) is 3.05. The van der Waals surface area contributed by atoms with E-state index in [2.05, 4.69) is 5.16 Å². The molecular formula is C13H13NO4. The van der Waals surface area contributed by atoms with Gasteiger partial charge in [-0.05, 0) is 6.92 Å². The third kappa shape index (κ3) is 1.67. The fourth-order valence-electron chi connectivity index (χ4n) is 2.23. The van der Waals surface area contributed by atoms with Gasteiger partial charge in [-0.1, -0.05) is 35.5 Å². The first-order chi connectivity index (χ1) is 8.81. The maximum absolute atomic E-state index is 11.9. The highest BCUT2D eigenvalue weighted by atomic mass is 16.8. The summed E-state index contributed by atoms with van der Waals surface area (Å²) in [6.45, 7) is 2.31. The van der Waals surface area contributed by atoms with Crippen molar-refractivity contribution in [1.29, 1.82) is 0 Å². The molecule has 1 fully saturated rings. The van der Waals surface area contributed by atoms with Gasteiger partial charge >= 0.3 is 5.97 Å². The minimum Gasteiger partial charge on any atom is -0.431 e. The molecule has 94 valence electrons. The average molecular weight is 247 g/mol. The van der Waals surface area contributed by atoms with Gasteiger partial charge in [0.2, 0.25) is 12.4 Å². The minimum atomic E-state index is -0.655. The van der Waals surface area contributed by atoms with Gasteiger partial charge in [0.05, 0.1) is 0 Å². The smallest absolute Gasteiger partial charge is 0.321 e. The van der Waals surface area contributed by atoms with Crippen LogP contribution in [0.4, 0.5) is 0 Å². The highest BCUT2D eigenvalue weighted by Gasteiger charge is 2.54. The molecule has 0 amide bonds. The SMILES string of the molecule is CCO[C@H]1OC(=O)[C@@H]2C(c3ccccc3)=NO[C@@H]12. The number of cyclic esters (lactones) is 1. The normalized spacial score (nSPS) is 29.5. The highest BCUT2D eigenvalue weighted by molar-refractivity contribution is 6.13. The lowest BCUT2D eigenvalue weighted by atomic mass is 9.94. The molecule has 5 heteroatoms. The lowest BCUT2D eigenvalue weighted by Crippen LogP contribution is -2.30. The first-order valence-electron chi connectivity index (χ1n) is 5.92. The Balaban J connectivity index is 1.87. The molecule has 5 nitrogen and oxygen atoms in total. The number of carbonyl (C=O) groups excluding carboxylic acids is 1. The van der Waals surface area contributed by atoms with E-state index in [9.17, 15) is 4.79 Å². The summed E-state index contributed by atoms with van der Waals surface area (Å²) in [5.41, 5.74) is 1.49. The number of rotatable bonds is 3. The van der Waals surface area contributed by atoms with Crippen molar-refractivity contribution >= 4 is 11.7 Å². The molecule has 2 aliphatic rings. The van der Waals surface area contributed by atoms with E-state index in [1.54, 1.807) is 0 Å². The predicted octanol–water partition coefficient (Wildman–Crippen LogP) is 1.33. The van der Waals surface area contributed by atoms with E-state index >= 15 is 0 Å². The summed E-state index contributed by atoms with van der Waals surface area (Å²) in [5.74, 6) is -0.817. The van der Waals surface area contributed by atoms with Crippen LogP contribution in [0.3, 0.4) is 0 Å². The van der Waals surface area contributed by atoms with E-state index < -0.39 is 18.3 Å². The van der Waals surface area contributed by atoms with Crippen molar-refractivity contribution in [2.45, 2.75) is 19.3 Å². The molecular weight excluding hydrogens is 234 g/mol. The van der Waals surface area contributed by atoms with E-state index in [1.807, 2.05) is 37.3 Å². The Morgan fingerprint density at radius 3 is 2.83 bits per heavy atom. The molecule has 1 saturated heterocycles. The Hall–Kier alpha value is -1.88. The number of nitrogens with zero attached hydrogens (tertiary/aromatic N) is 1. The molecule has 1 aromatic rings. The number of ether oxygens (including phenoxy) is 2. The van der Waals surface area contributed by atoms with Crippen LogP contribution < -0.4 is 0 Å². The second-order valence-corrected chi connectivity index (χ2v) is 4.15. The second-order valence-electron chi connectivity index (χ2n) is 4.15. The Morgan fingerprint density at radius 2 is 2.11 bits per heavy atom. The van der Waals surface area contributed by atoms with Crippen LogP contribution in [0.2, 0.25) is 0 Å². The van der Waals surface area contributed by atoms with Gasteiger partial charge in [0, 0.05) is 12.2 Å². The first-order valence-corrected chi connectivity index (χ1v) is 5.92. The number of hydrogen-bond acceptors (Lipinski definition) is 5. The van der Waals surface area contributed by atoms with Gasteiger partial charge in [-0.25, -0.2) is 0 Å². The number of fused-ring (bicyclic) bond motifs is 1. The van der Waals surface area contributed by atoms with Crippen LogP contribution >= 0.6 is 0 Å². The Kier molecular flexibility index (Phi) is 2.76. The average Bonchev–Trinajstić information content (AvgIpc) is 2.94. The summed E-state index contributed by atoms with van der Waals surface area (Å²) in [6.07, 6.45) is -1.12. The molecule has 0 radical (unpaired) electrons. The number of hydrogen-bond donors (Lipinski definition) is 0. The Morgan fingerprint density at radius 1 is 1.33 bits per heavy atom. The standard InChI is InChI=1S/C13H13NO4/c1-2-16-13-11-9(12(15)17-13)10(14-18-11)8-6-4-3-5-7-8/h3-7,9,11,13H,2H2,1H3/t9-,11-,13+/m1/s1. The van der Waals surface area contributed by atoms with E-state index in [1.165, 1.54) is 0 Å². The number of benzene rings is 1. The minimum absolute atomic E-state index is 0.335. The van der Waals surface area contributed by atoms with Gasteiger partial charge in [-0.15, -0.1) is 0 Å². The number of oxime groups is 1. The lowest BCUT2D eigenvalue weighted by Gasteiger charge is -2.13. The fraction of sp³-hybridized carbons (Fsp3) is 0.385. The summed E-state index contributed by atoms with van der Waals surface area (Å²) < 4.78 is 10.5. The van der Waals surface area contributed by atoms with Crippen molar-refractivity contribution in [3.63, 3.8) is 0 Å². The van der Waals surface area contributed by atoms with E-state index in [0.29, 0.717) is 12.3 Å². The van der Waals surface area contributed by atoms with Crippen LogP contribution in [-0.2, 0) is 19.1 Å². The van der Waals surface area contributed by atoms with Crippen molar-refractivity contribution < 1.29 is 19.1 Å². The number of carbonyl (C=O) groups is 1. The maximum Gasteiger partial charge on any atom is 0.321 e. The molecule has 0 saturated carbocycles. The molecule has 0 bridgehead atoms. The largest absolute Gasteiger partial charge is 0.431 e. The summed E-state index contributed by atoms with van der Waals surface area (Å²) in [7, 11) is 0. The lowest BCUT2D eigenvalue weighted by molar-refractivity contribution is -0.177. The second kappa shape index (κ2) is 4.42. The summed E-state index contributed by atoms with van der Waals surface area (Å²) in [6, 6.07) is 9.49. The maximum atomic E-state index is 11.9. The molecule has 18 heavy (non-hydrogen) atoms. The molecule has 0 aromatic heterocycles. The summed E-state index contributed by atoms with van der Waals surface area (Å²) in [5, 5.41) is 4.01. The zero-order chi connectivity index (χ0) is 12.5. The van der Waals surface area contributed by atoms with E-state index in [-0.39, 0.29) is 5.97 Å². The molecule has 3 rings (SSSR count). The summed E-state index contributed by atoms with van der Waals surface area (Å²) in [4.78, 5) is 17.2. The third-order valence-electron chi connectivity index (χ3n) is 3.05. The monoisotopic (exact) mass is 247 g/mol. The van der Waals surface area contributed by atoms with Crippen molar-refractivity contribution in [1.82, 2.24) is 0 Å². The molecule has 2 heterocycles. The van der Waals surface area contributed by atoms with Crippen molar-refractivity contribution in [3.8, 4) is 0 Å². The molecule has 0 aliphatic carbocycles. The molecule has 2 aliphatic heterocycles. The van der Waals surface area contributed by atoms with E-state index in [4.69, 9.17) is 14.3 Å². The molecule has 1 aromatic carbocycles. The fourth-order valence-corrected chi connectivity index (χ4v) is 2.23. The van der Waals surface area contributed by atoms with Crippen molar-refractivity contribution in [2.75, 3.05) is 6.61 Å². The molecule has 3 atom stereocenters. The van der Waals surface area contributed by atoms with Crippen molar-refractivity contribution in [3.05, 3.63) is 35.9 Å². The predicted molar refractivity (Wildman–Crippen MR) is 62.8 cm³/mol. The van der Waals surface area contributed by atoms with Crippen LogP contribution in [0.25, 0.3) is 0 Å². The zero-order valence-corrected chi connectivity index (χ0v) is 9.91. The molecule has 0 spiro atoms. The first kappa shape index (κ1) is 11.2. The van der Waals surface area contributed by atoms with Crippen LogP contribution in [0.1, 0.15) is 12.5 Å². The Bertz CT molecular complexity index is 485. The van der Waals surface area contributed by atoms with Gasteiger partial charge in [-0.3, -0.25) is 4.79 Å².